The highest BCUT2D eigenvalue weighted by Crippen LogP contribution is 2.47. The Kier molecular flexibility index (Phi) is 5.48. The van der Waals surface area contributed by atoms with Crippen LogP contribution in [-0.4, -0.2) is 0 Å². The van der Waals surface area contributed by atoms with Crippen molar-refractivity contribution in [2.24, 2.45) is 0 Å². The highest BCUT2D eigenvalue weighted by molar-refractivity contribution is 7.26. The van der Waals surface area contributed by atoms with Crippen molar-refractivity contribution in [1.29, 1.82) is 0 Å². The maximum absolute atomic E-state index is 3.79. The zero-order chi connectivity index (χ0) is 23.9. The molecule has 5 aromatic carbocycles. The molecule has 0 aliphatic heterocycles. The van der Waals surface area contributed by atoms with Gasteiger partial charge in [0.05, 0.1) is 10.4 Å². The Hall–Kier alpha value is -3.62. The average molecular weight is 484 g/mol. The minimum Gasteiger partial charge on any atom is -0.354 e. The van der Waals surface area contributed by atoms with Gasteiger partial charge in [-0.2, -0.15) is 0 Å². The summed E-state index contributed by atoms with van der Waals surface area (Å²) in [6, 6.07) is 37.6. The van der Waals surface area contributed by atoms with Gasteiger partial charge >= 0.3 is 0 Å². The Balaban J connectivity index is 1.37. The molecule has 6 aromatic rings. The molecular weight excluding hydrogens is 454 g/mol. The smallest absolute Gasteiger partial charge is 0.0597 e. The first-order chi connectivity index (χ1) is 17.8. The van der Waals surface area contributed by atoms with E-state index in [1.54, 1.807) is 5.56 Å². The van der Waals surface area contributed by atoms with Gasteiger partial charge in [-0.15, -0.1) is 11.3 Å². The van der Waals surface area contributed by atoms with Gasteiger partial charge in [0.1, 0.15) is 0 Å². The molecule has 0 unspecified atom stereocenters. The monoisotopic (exact) mass is 483 g/mol. The van der Waals surface area contributed by atoms with Crippen molar-refractivity contribution in [2.75, 3.05) is 5.32 Å². The molecule has 1 heterocycles. The lowest BCUT2D eigenvalue weighted by Crippen LogP contribution is -2.04. The third kappa shape index (κ3) is 3.77. The summed E-state index contributed by atoms with van der Waals surface area (Å²) < 4.78 is 2.84. The molecule has 1 aliphatic rings. The van der Waals surface area contributed by atoms with E-state index < -0.39 is 0 Å². The molecule has 1 nitrogen and oxygen atoms in total. The van der Waals surface area contributed by atoms with Crippen LogP contribution in [0.2, 0.25) is 0 Å². The molecule has 1 saturated carbocycles. The number of thiophene rings is 1. The van der Waals surface area contributed by atoms with Crippen LogP contribution < -0.4 is 5.32 Å². The first-order valence-electron chi connectivity index (χ1n) is 13.1. The first-order valence-corrected chi connectivity index (χ1v) is 14.0. The molecule has 0 atom stereocenters. The van der Waals surface area contributed by atoms with Crippen LogP contribution in [0.1, 0.15) is 43.6 Å². The fraction of sp³-hybridized carbons (Fsp3) is 0.176. The highest BCUT2D eigenvalue weighted by atomic mass is 32.1. The number of anilines is 2. The minimum atomic E-state index is 0.698. The van der Waals surface area contributed by atoms with E-state index in [4.69, 9.17) is 0 Å². The predicted molar refractivity (Wildman–Crippen MR) is 158 cm³/mol. The molecule has 0 radical (unpaired) electrons. The molecule has 176 valence electrons. The van der Waals surface area contributed by atoms with Gasteiger partial charge in [-0.3, -0.25) is 0 Å². The Labute approximate surface area is 216 Å². The average Bonchev–Trinajstić information content (AvgIpc) is 3.35. The molecule has 0 spiro atoms. The lowest BCUT2D eigenvalue weighted by Gasteiger charge is -2.22. The van der Waals surface area contributed by atoms with Crippen molar-refractivity contribution in [3.63, 3.8) is 0 Å². The number of hydrogen-bond donors (Lipinski definition) is 1. The lowest BCUT2D eigenvalue weighted by atomic mass is 9.83. The first kappa shape index (κ1) is 21.6. The summed E-state index contributed by atoms with van der Waals surface area (Å²) in [5.41, 5.74) is 6.37. The Bertz CT molecular complexity index is 1670. The van der Waals surface area contributed by atoms with Crippen LogP contribution in [-0.2, 0) is 0 Å². The van der Waals surface area contributed by atoms with Gasteiger partial charge in [-0.05, 0) is 64.4 Å². The van der Waals surface area contributed by atoms with E-state index in [9.17, 15) is 0 Å². The number of fused-ring (bicyclic) bond motifs is 5. The second-order valence-electron chi connectivity index (χ2n) is 10.1. The van der Waals surface area contributed by atoms with Gasteiger partial charge in [0.25, 0.3) is 0 Å². The van der Waals surface area contributed by atoms with E-state index in [1.807, 2.05) is 11.3 Å². The number of benzene rings is 5. The summed E-state index contributed by atoms with van der Waals surface area (Å²) in [6.45, 7) is 0. The molecule has 0 bridgehead atoms. The summed E-state index contributed by atoms with van der Waals surface area (Å²) in [5.74, 6) is 0.698. The van der Waals surface area contributed by atoms with Crippen LogP contribution in [0.25, 0.3) is 42.1 Å². The van der Waals surface area contributed by atoms with Crippen molar-refractivity contribution >= 4 is 53.7 Å². The molecule has 7 rings (SSSR count). The van der Waals surface area contributed by atoms with E-state index in [2.05, 4.69) is 108 Å². The van der Waals surface area contributed by atoms with Crippen molar-refractivity contribution in [2.45, 2.75) is 38.0 Å². The second kappa shape index (κ2) is 9.11. The molecule has 1 aliphatic carbocycles. The topological polar surface area (TPSA) is 12.0 Å². The van der Waals surface area contributed by atoms with E-state index in [0.29, 0.717) is 5.92 Å². The van der Waals surface area contributed by atoms with Crippen LogP contribution in [0.3, 0.4) is 0 Å². The standard InChI is InChI=1S/C34H29NS/c1-3-10-23(11-4-1)24-18-20-27(21-19-24)35-31-22-26-14-7-8-15-28(26)32-30-17-9-16-29(33(30)36-34(31)32)25-12-5-2-6-13-25/h1,3-4,7-11,14-22,25,35H,2,5-6,12-13H2. The van der Waals surface area contributed by atoms with E-state index in [0.717, 1.165) is 5.69 Å². The number of rotatable bonds is 4. The molecular formula is C34H29NS. The van der Waals surface area contributed by atoms with Crippen LogP contribution >= 0.6 is 11.3 Å². The van der Waals surface area contributed by atoms with Crippen molar-refractivity contribution in [3.8, 4) is 11.1 Å². The number of hydrogen-bond acceptors (Lipinski definition) is 2. The predicted octanol–water partition coefficient (Wildman–Crippen LogP) is 10.7. The lowest BCUT2D eigenvalue weighted by molar-refractivity contribution is 0.446. The fourth-order valence-corrected chi connectivity index (χ4v) is 7.41. The summed E-state index contributed by atoms with van der Waals surface area (Å²) >= 11 is 1.98. The van der Waals surface area contributed by atoms with Crippen LogP contribution in [0.4, 0.5) is 11.4 Å². The molecule has 2 heteroatoms. The molecule has 0 amide bonds. The Morgan fingerprint density at radius 3 is 2.17 bits per heavy atom. The molecule has 0 saturated heterocycles. The third-order valence-corrected chi connectivity index (χ3v) is 9.12. The summed E-state index contributed by atoms with van der Waals surface area (Å²) in [4.78, 5) is 0. The second-order valence-corrected chi connectivity index (χ2v) is 11.1. The molecule has 36 heavy (non-hydrogen) atoms. The summed E-state index contributed by atoms with van der Waals surface area (Å²) in [7, 11) is 0. The van der Waals surface area contributed by atoms with Crippen LogP contribution in [0.15, 0.2) is 103 Å². The van der Waals surface area contributed by atoms with Crippen molar-refractivity contribution in [1.82, 2.24) is 0 Å². The van der Waals surface area contributed by atoms with Crippen LogP contribution in [0.5, 0.6) is 0 Å². The zero-order valence-corrected chi connectivity index (χ0v) is 21.2. The van der Waals surface area contributed by atoms with E-state index in [-0.39, 0.29) is 0 Å². The maximum atomic E-state index is 3.79. The van der Waals surface area contributed by atoms with Gasteiger partial charge in [0, 0.05) is 21.2 Å². The van der Waals surface area contributed by atoms with Gasteiger partial charge < -0.3 is 5.32 Å². The Morgan fingerprint density at radius 2 is 1.33 bits per heavy atom. The summed E-state index contributed by atoms with van der Waals surface area (Å²) in [6.07, 6.45) is 6.77. The normalized spacial score (nSPS) is 14.6. The van der Waals surface area contributed by atoms with Crippen molar-refractivity contribution < 1.29 is 0 Å². The highest BCUT2D eigenvalue weighted by Gasteiger charge is 2.21. The van der Waals surface area contributed by atoms with E-state index in [1.165, 1.54) is 79.9 Å². The van der Waals surface area contributed by atoms with Gasteiger partial charge in [-0.1, -0.05) is 104 Å². The quantitative estimate of drug-likeness (QED) is 0.263. The van der Waals surface area contributed by atoms with Gasteiger partial charge in [0.15, 0.2) is 0 Å². The van der Waals surface area contributed by atoms with E-state index >= 15 is 0 Å². The Morgan fingerprint density at radius 1 is 0.611 bits per heavy atom. The largest absolute Gasteiger partial charge is 0.354 e. The van der Waals surface area contributed by atoms with Crippen LogP contribution in [0, 0.1) is 0 Å². The SMILES string of the molecule is c1ccc(-c2ccc(Nc3cc4ccccc4c4c3sc3c(C5CCCCC5)cccc34)cc2)cc1. The van der Waals surface area contributed by atoms with Crippen molar-refractivity contribution in [3.05, 3.63) is 109 Å². The summed E-state index contributed by atoms with van der Waals surface area (Å²) in [5, 5.41) is 9.24. The van der Waals surface area contributed by atoms with Gasteiger partial charge in [0.2, 0.25) is 0 Å². The number of nitrogens with one attached hydrogen (secondary N) is 1. The van der Waals surface area contributed by atoms with Gasteiger partial charge in [-0.25, -0.2) is 0 Å². The minimum absolute atomic E-state index is 0.698. The zero-order valence-electron chi connectivity index (χ0n) is 20.3. The molecule has 1 fully saturated rings. The molecule has 1 aromatic heterocycles. The third-order valence-electron chi connectivity index (χ3n) is 7.84. The fourth-order valence-electron chi connectivity index (χ4n) is 6.03. The maximum Gasteiger partial charge on any atom is 0.0597 e. The molecule has 1 N–H and O–H groups in total.